The van der Waals surface area contributed by atoms with E-state index in [1.165, 1.54) is 31.8 Å². The molecule has 0 radical (unpaired) electrons. The normalized spacial score (nSPS) is 31.9. The van der Waals surface area contributed by atoms with Crippen LogP contribution in [-0.2, 0) is 24.4 Å². The maximum Gasteiger partial charge on any atom is 0.328 e. The summed E-state index contributed by atoms with van der Waals surface area (Å²) < 4.78 is 16.6. The molecule has 1 aliphatic carbocycles. The second kappa shape index (κ2) is 13.8. The molecule has 34 heavy (non-hydrogen) atoms. The number of allylic oxidation sites excluding steroid dienone is 2. The molecule has 3 fully saturated rings. The molecule has 2 saturated heterocycles. The van der Waals surface area contributed by atoms with Crippen LogP contribution in [0.2, 0.25) is 0 Å². The molecular formula is C28H40O6. The van der Waals surface area contributed by atoms with Gasteiger partial charge in [0.2, 0.25) is 0 Å². The van der Waals surface area contributed by atoms with E-state index in [9.17, 15) is 9.90 Å². The smallest absolute Gasteiger partial charge is 0.328 e. The minimum Gasteiger partial charge on any atom is -0.478 e. The highest BCUT2D eigenvalue weighted by atomic mass is 16.8. The second-order valence-corrected chi connectivity index (χ2v) is 9.46. The second-order valence-electron chi connectivity index (χ2n) is 9.46. The Kier molecular flexibility index (Phi) is 10.8. The van der Waals surface area contributed by atoms with Crippen LogP contribution in [0, 0.1) is 5.92 Å². The van der Waals surface area contributed by atoms with Crippen LogP contribution < -0.4 is 0 Å². The van der Waals surface area contributed by atoms with Crippen LogP contribution in [0.15, 0.2) is 55.1 Å². The van der Waals surface area contributed by atoms with Crippen molar-refractivity contribution < 1.29 is 29.2 Å². The number of carboxylic acids is 1. The van der Waals surface area contributed by atoms with E-state index < -0.39 is 5.97 Å². The molecule has 1 aromatic rings. The van der Waals surface area contributed by atoms with Gasteiger partial charge in [-0.2, -0.15) is 0 Å². The van der Waals surface area contributed by atoms with Crippen molar-refractivity contribution in [2.45, 2.75) is 88.3 Å². The van der Waals surface area contributed by atoms with Crippen molar-refractivity contribution >= 4 is 5.97 Å². The van der Waals surface area contributed by atoms with Crippen molar-refractivity contribution in [1.82, 2.24) is 0 Å². The van der Waals surface area contributed by atoms with Gasteiger partial charge in [0.1, 0.15) is 0 Å². The first-order valence-corrected chi connectivity index (χ1v) is 12.7. The lowest BCUT2D eigenvalue weighted by Crippen LogP contribution is -2.40. The van der Waals surface area contributed by atoms with E-state index in [0.717, 1.165) is 44.5 Å². The summed E-state index contributed by atoms with van der Waals surface area (Å²) in [5.41, 5.74) is 0.772. The Balaban J connectivity index is 0.000000212. The summed E-state index contributed by atoms with van der Waals surface area (Å²) in [4.78, 5) is 11.0. The number of aliphatic carboxylic acids is 1. The molecule has 0 amide bonds. The van der Waals surface area contributed by atoms with E-state index >= 15 is 0 Å². The Morgan fingerprint density at radius 3 is 2.24 bits per heavy atom. The number of benzene rings is 1. The molecule has 2 N–H and O–H groups in total. The number of rotatable bonds is 7. The van der Waals surface area contributed by atoms with Gasteiger partial charge in [-0.1, -0.05) is 42.5 Å². The SMILES string of the molecule is C1CCC(OC2CCCCO2)OC1.C=CCC1CC(O)CCC1(C=CC(=O)O)c1ccccc1. The van der Waals surface area contributed by atoms with Crippen molar-refractivity contribution in [3.63, 3.8) is 0 Å². The predicted octanol–water partition coefficient (Wildman–Crippen LogP) is 5.36. The van der Waals surface area contributed by atoms with Crippen LogP contribution >= 0.6 is 0 Å². The average Bonchev–Trinajstić information content (AvgIpc) is 2.86. The molecular weight excluding hydrogens is 432 g/mol. The molecule has 5 unspecified atom stereocenters. The van der Waals surface area contributed by atoms with Gasteiger partial charge in [0, 0.05) is 24.7 Å². The third-order valence-corrected chi connectivity index (χ3v) is 7.04. The van der Waals surface area contributed by atoms with Crippen LogP contribution in [0.5, 0.6) is 0 Å². The zero-order valence-corrected chi connectivity index (χ0v) is 20.1. The maximum absolute atomic E-state index is 11.0. The highest BCUT2D eigenvalue weighted by Crippen LogP contribution is 2.46. The van der Waals surface area contributed by atoms with E-state index in [0.29, 0.717) is 12.8 Å². The molecule has 4 rings (SSSR count). The van der Waals surface area contributed by atoms with E-state index in [2.05, 4.69) is 6.58 Å². The van der Waals surface area contributed by atoms with Crippen molar-refractivity contribution in [2.24, 2.45) is 5.92 Å². The lowest BCUT2D eigenvalue weighted by Gasteiger charge is -2.44. The topological polar surface area (TPSA) is 85.2 Å². The highest BCUT2D eigenvalue weighted by Gasteiger charge is 2.42. The summed E-state index contributed by atoms with van der Waals surface area (Å²) in [5.74, 6) is -0.773. The predicted molar refractivity (Wildman–Crippen MR) is 131 cm³/mol. The monoisotopic (exact) mass is 472 g/mol. The van der Waals surface area contributed by atoms with Crippen molar-refractivity contribution in [2.75, 3.05) is 13.2 Å². The van der Waals surface area contributed by atoms with Gasteiger partial charge in [-0.05, 0) is 75.7 Å². The van der Waals surface area contributed by atoms with Crippen molar-refractivity contribution in [3.05, 3.63) is 60.7 Å². The van der Waals surface area contributed by atoms with Gasteiger partial charge in [-0.15, -0.1) is 6.58 Å². The summed E-state index contributed by atoms with van der Waals surface area (Å²) in [5, 5.41) is 19.0. The Morgan fingerprint density at radius 1 is 1.06 bits per heavy atom. The van der Waals surface area contributed by atoms with Crippen LogP contribution in [0.4, 0.5) is 0 Å². The Bertz CT molecular complexity index is 750. The number of aliphatic hydroxyl groups is 1. The summed E-state index contributed by atoms with van der Waals surface area (Å²) in [7, 11) is 0. The number of hydrogen-bond donors (Lipinski definition) is 2. The third kappa shape index (κ3) is 7.77. The minimum absolute atomic E-state index is 0.00292. The number of hydrogen-bond acceptors (Lipinski definition) is 5. The largest absolute Gasteiger partial charge is 0.478 e. The molecule has 5 atom stereocenters. The van der Waals surface area contributed by atoms with E-state index in [4.69, 9.17) is 19.3 Å². The number of carboxylic acid groups (broad SMARTS) is 1. The molecule has 0 spiro atoms. The minimum atomic E-state index is -0.936. The standard InChI is InChI=1S/C18H22O3.C10H18O3/c1-2-6-15-13-16(19)9-11-18(15,12-10-17(20)21)14-7-4-3-5-8-14;1-3-7-11-9(5-1)13-10-6-2-4-8-12-10/h2-5,7-8,10,12,15-16,19H,1,6,9,11,13H2,(H,20,21);9-10H,1-8H2. The van der Waals surface area contributed by atoms with Gasteiger partial charge >= 0.3 is 5.97 Å². The first-order chi connectivity index (χ1) is 16.5. The molecule has 0 bridgehead atoms. The molecule has 0 aromatic heterocycles. The van der Waals surface area contributed by atoms with Gasteiger partial charge in [-0.25, -0.2) is 4.79 Å². The summed E-state index contributed by atoms with van der Waals surface area (Å²) >= 11 is 0. The zero-order chi connectivity index (χ0) is 24.2. The molecule has 188 valence electrons. The first-order valence-electron chi connectivity index (χ1n) is 12.7. The molecule has 6 nitrogen and oxygen atoms in total. The molecule has 3 aliphatic rings. The average molecular weight is 473 g/mol. The van der Waals surface area contributed by atoms with Crippen LogP contribution in [0.25, 0.3) is 0 Å². The lowest BCUT2D eigenvalue weighted by molar-refractivity contribution is -0.264. The zero-order valence-electron chi connectivity index (χ0n) is 20.1. The molecule has 2 heterocycles. The quantitative estimate of drug-likeness (QED) is 0.411. The van der Waals surface area contributed by atoms with Crippen LogP contribution in [0.3, 0.4) is 0 Å². The maximum atomic E-state index is 11.0. The molecule has 6 heteroatoms. The third-order valence-electron chi connectivity index (χ3n) is 7.04. The van der Waals surface area contributed by atoms with Gasteiger partial charge < -0.3 is 24.4 Å². The molecule has 1 aromatic carbocycles. The summed E-state index contributed by atoms with van der Waals surface area (Å²) in [6, 6.07) is 9.99. The fraction of sp³-hybridized carbons (Fsp3) is 0.607. The molecule has 2 aliphatic heterocycles. The molecule has 1 saturated carbocycles. The Labute approximate surface area is 203 Å². The number of aliphatic hydroxyl groups excluding tert-OH is 1. The number of carbonyl (C=O) groups is 1. The van der Waals surface area contributed by atoms with E-state index in [-0.39, 0.29) is 30.0 Å². The van der Waals surface area contributed by atoms with Gasteiger partial charge in [-0.3, -0.25) is 0 Å². The number of ether oxygens (including phenoxy) is 3. The lowest BCUT2D eigenvalue weighted by atomic mass is 9.60. The van der Waals surface area contributed by atoms with Gasteiger partial charge in [0.05, 0.1) is 6.10 Å². The van der Waals surface area contributed by atoms with Crippen LogP contribution in [0.1, 0.15) is 69.8 Å². The van der Waals surface area contributed by atoms with Crippen molar-refractivity contribution in [1.29, 1.82) is 0 Å². The fourth-order valence-electron chi connectivity index (χ4n) is 5.24. The van der Waals surface area contributed by atoms with Gasteiger partial charge in [0.25, 0.3) is 0 Å². The fourth-order valence-corrected chi connectivity index (χ4v) is 5.24. The van der Waals surface area contributed by atoms with E-state index in [1.54, 1.807) is 0 Å². The van der Waals surface area contributed by atoms with Crippen LogP contribution in [-0.4, -0.2) is 48.1 Å². The first kappa shape index (κ1) is 26.6. The van der Waals surface area contributed by atoms with Gasteiger partial charge in [0.15, 0.2) is 12.6 Å². The van der Waals surface area contributed by atoms with E-state index in [1.807, 2.05) is 42.5 Å². The highest BCUT2D eigenvalue weighted by molar-refractivity contribution is 5.80. The Hall–Kier alpha value is -1.99. The summed E-state index contributed by atoms with van der Waals surface area (Å²) in [6.45, 7) is 5.50. The van der Waals surface area contributed by atoms with Crippen molar-refractivity contribution in [3.8, 4) is 0 Å². The summed E-state index contributed by atoms with van der Waals surface area (Å²) in [6.07, 6.45) is 14.3. The Morgan fingerprint density at radius 2 is 1.71 bits per heavy atom.